The number of nitrogens with one attached hydrogen (secondary N) is 1. The molecule has 2 aromatic heterocycles. The molecule has 1 aromatic carbocycles. The summed E-state index contributed by atoms with van der Waals surface area (Å²) in [4.78, 5) is 12.3. The van der Waals surface area contributed by atoms with Crippen LogP contribution in [0.4, 0.5) is 0 Å². The van der Waals surface area contributed by atoms with Gasteiger partial charge < -0.3 is 14.9 Å². The first-order valence-corrected chi connectivity index (χ1v) is 8.66. The molecule has 7 heteroatoms. The van der Waals surface area contributed by atoms with Crippen LogP contribution >= 0.6 is 0 Å². The zero-order valence-corrected chi connectivity index (χ0v) is 14.4. The van der Waals surface area contributed by atoms with Crippen molar-refractivity contribution in [2.24, 2.45) is 0 Å². The van der Waals surface area contributed by atoms with Gasteiger partial charge in [-0.25, -0.2) is 0 Å². The molecule has 4 rings (SSSR count). The third-order valence-corrected chi connectivity index (χ3v) is 4.68. The largest absolute Gasteiger partial charge is 0.387 e. The molecule has 0 aliphatic heterocycles. The number of carbonyl (C=O) groups is 1. The van der Waals surface area contributed by atoms with Crippen LogP contribution in [0.5, 0.6) is 0 Å². The molecule has 7 nitrogen and oxygen atoms in total. The van der Waals surface area contributed by atoms with E-state index in [-0.39, 0.29) is 23.7 Å². The Hall–Kier alpha value is -2.93. The fourth-order valence-electron chi connectivity index (χ4n) is 3.08. The Balaban J connectivity index is 1.33. The normalized spacial score (nSPS) is 20.4. The van der Waals surface area contributed by atoms with Crippen molar-refractivity contribution in [3.05, 3.63) is 60.0 Å². The van der Waals surface area contributed by atoms with Crippen molar-refractivity contribution in [2.75, 3.05) is 0 Å². The maximum absolute atomic E-state index is 12.3. The Bertz CT molecular complexity index is 894. The number of hydrogen-bond acceptors (Lipinski definition) is 5. The van der Waals surface area contributed by atoms with E-state index in [1.807, 2.05) is 47.3 Å². The van der Waals surface area contributed by atoms with Crippen LogP contribution in [0.3, 0.4) is 0 Å². The van der Waals surface area contributed by atoms with E-state index in [1.165, 1.54) is 0 Å². The zero-order valence-electron chi connectivity index (χ0n) is 14.4. The molecular formula is C19H20N4O3. The smallest absolute Gasteiger partial charge is 0.273 e. The van der Waals surface area contributed by atoms with Gasteiger partial charge in [0.05, 0.1) is 17.8 Å². The minimum Gasteiger partial charge on any atom is -0.387 e. The standard InChI is InChI=1S/C19H20N4O3/c1-12(24)16-7-8-23(21-16)15-9-14(10-15)20-19(25)17-11-18(26-22-17)13-5-3-2-4-6-13/h2-8,11-12,14-15,24H,9-10H2,1H3,(H,20,25). The molecule has 1 amide bonds. The van der Waals surface area contributed by atoms with Gasteiger partial charge in [0, 0.05) is 23.9 Å². The van der Waals surface area contributed by atoms with Gasteiger partial charge in [-0.15, -0.1) is 0 Å². The van der Waals surface area contributed by atoms with E-state index in [1.54, 1.807) is 13.0 Å². The van der Waals surface area contributed by atoms with Gasteiger partial charge in [0.25, 0.3) is 5.91 Å². The number of benzene rings is 1. The van der Waals surface area contributed by atoms with E-state index in [4.69, 9.17) is 4.52 Å². The quantitative estimate of drug-likeness (QED) is 0.736. The Morgan fingerprint density at radius 3 is 2.77 bits per heavy atom. The highest BCUT2D eigenvalue weighted by Crippen LogP contribution is 2.32. The molecule has 0 radical (unpaired) electrons. The van der Waals surface area contributed by atoms with Gasteiger partial charge in [-0.3, -0.25) is 9.48 Å². The van der Waals surface area contributed by atoms with Crippen molar-refractivity contribution in [3.63, 3.8) is 0 Å². The number of aromatic nitrogens is 3. The lowest BCUT2D eigenvalue weighted by Crippen LogP contribution is -2.45. The molecule has 1 atom stereocenters. The molecule has 1 saturated carbocycles. The second-order valence-electron chi connectivity index (χ2n) is 6.63. The molecular weight excluding hydrogens is 332 g/mol. The number of amides is 1. The lowest BCUT2D eigenvalue weighted by Gasteiger charge is -2.35. The van der Waals surface area contributed by atoms with Gasteiger partial charge in [0.15, 0.2) is 11.5 Å². The van der Waals surface area contributed by atoms with Crippen LogP contribution in [-0.4, -0.2) is 32.0 Å². The third-order valence-electron chi connectivity index (χ3n) is 4.68. The summed E-state index contributed by atoms with van der Waals surface area (Å²) in [5.41, 5.74) is 1.83. The van der Waals surface area contributed by atoms with Crippen molar-refractivity contribution >= 4 is 5.91 Å². The average molecular weight is 352 g/mol. The summed E-state index contributed by atoms with van der Waals surface area (Å²) in [6.45, 7) is 1.69. The van der Waals surface area contributed by atoms with Crippen LogP contribution in [0.2, 0.25) is 0 Å². The van der Waals surface area contributed by atoms with Crippen molar-refractivity contribution in [1.29, 1.82) is 0 Å². The Kier molecular flexibility index (Phi) is 4.30. The van der Waals surface area contributed by atoms with Gasteiger partial charge in [-0.05, 0) is 25.8 Å². The highest BCUT2D eigenvalue weighted by Gasteiger charge is 2.33. The Morgan fingerprint density at radius 1 is 1.31 bits per heavy atom. The maximum atomic E-state index is 12.3. The van der Waals surface area contributed by atoms with Crippen LogP contribution in [-0.2, 0) is 0 Å². The summed E-state index contributed by atoms with van der Waals surface area (Å²) < 4.78 is 7.13. The third kappa shape index (κ3) is 3.25. The molecule has 0 bridgehead atoms. The molecule has 1 aliphatic carbocycles. The van der Waals surface area contributed by atoms with Crippen LogP contribution < -0.4 is 5.32 Å². The van der Waals surface area contributed by atoms with Gasteiger partial charge in [-0.1, -0.05) is 35.5 Å². The second kappa shape index (κ2) is 6.76. The van der Waals surface area contributed by atoms with Crippen molar-refractivity contribution in [2.45, 2.75) is 38.0 Å². The topological polar surface area (TPSA) is 93.2 Å². The van der Waals surface area contributed by atoms with Crippen molar-refractivity contribution in [3.8, 4) is 11.3 Å². The van der Waals surface area contributed by atoms with Gasteiger partial charge in [0.1, 0.15) is 0 Å². The monoisotopic (exact) mass is 352 g/mol. The molecule has 134 valence electrons. The first kappa shape index (κ1) is 16.5. The van der Waals surface area contributed by atoms with Crippen LogP contribution in [0.25, 0.3) is 11.3 Å². The zero-order chi connectivity index (χ0) is 18.1. The minimum absolute atomic E-state index is 0.0866. The van der Waals surface area contributed by atoms with Crippen molar-refractivity contribution < 1.29 is 14.4 Å². The van der Waals surface area contributed by atoms with E-state index >= 15 is 0 Å². The van der Waals surface area contributed by atoms with E-state index < -0.39 is 6.10 Å². The molecule has 1 unspecified atom stereocenters. The average Bonchev–Trinajstić information content (AvgIpc) is 3.28. The Labute approximate surface area is 150 Å². The molecule has 1 fully saturated rings. The summed E-state index contributed by atoms with van der Waals surface area (Å²) in [5.74, 6) is 0.342. The predicted molar refractivity (Wildman–Crippen MR) is 94.3 cm³/mol. The Morgan fingerprint density at radius 2 is 2.08 bits per heavy atom. The van der Waals surface area contributed by atoms with E-state index in [0.717, 1.165) is 18.4 Å². The van der Waals surface area contributed by atoms with Gasteiger partial charge in [-0.2, -0.15) is 5.10 Å². The number of nitrogens with zero attached hydrogens (tertiary/aromatic N) is 3. The highest BCUT2D eigenvalue weighted by atomic mass is 16.5. The molecule has 0 saturated heterocycles. The number of aliphatic hydroxyl groups is 1. The van der Waals surface area contributed by atoms with Crippen LogP contribution in [0, 0.1) is 0 Å². The predicted octanol–water partition coefficient (Wildman–Crippen LogP) is 2.72. The van der Waals surface area contributed by atoms with Crippen LogP contribution in [0.1, 0.15) is 48.1 Å². The second-order valence-corrected chi connectivity index (χ2v) is 6.63. The van der Waals surface area contributed by atoms with E-state index in [0.29, 0.717) is 11.5 Å². The number of rotatable bonds is 5. The number of carbonyl (C=O) groups excluding carboxylic acids is 1. The summed E-state index contributed by atoms with van der Waals surface area (Å²) in [7, 11) is 0. The summed E-state index contributed by atoms with van der Waals surface area (Å²) in [6.07, 6.45) is 2.90. The molecule has 0 spiro atoms. The molecule has 1 aliphatic rings. The fourth-order valence-corrected chi connectivity index (χ4v) is 3.08. The van der Waals surface area contributed by atoms with Crippen LogP contribution in [0.15, 0.2) is 53.2 Å². The molecule has 26 heavy (non-hydrogen) atoms. The van der Waals surface area contributed by atoms with Crippen molar-refractivity contribution in [1.82, 2.24) is 20.3 Å². The lowest BCUT2D eigenvalue weighted by atomic mass is 9.87. The number of aliphatic hydroxyl groups excluding tert-OH is 1. The fraction of sp³-hybridized carbons (Fsp3) is 0.316. The lowest BCUT2D eigenvalue weighted by molar-refractivity contribution is 0.0879. The summed E-state index contributed by atoms with van der Waals surface area (Å²) in [5, 5.41) is 20.8. The number of hydrogen-bond donors (Lipinski definition) is 2. The van der Waals surface area contributed by atoms with Gasteiger partial charge >= 0.3 is 0 Å². The van der Waals surface area contributed by atoms with E-state index in [9.17, 15) is 9.90 Å². The minimum atomic E-state index is -0.571. The summed E-state index contributed by atoms with van der Waals surface area (Å²) in [6, 6.07) is 13.3. The van der Waals surface area contributed by atoms with Gasteiger partial charge in [0.2, 0.25) is 0 Å². The molecule has 2 N–H and O–H groups in total. The van der Waals surface area contributed by atoms with E-state index in [2.05, 4.69) is 15.6 Å². The summed E-state index contributed by atoms with van der Waals surface area (Å²) >= 11 is 0. The molecule has 3 aromatic rings. The first-order chi connectivity index (χ1) is 12.6. The highest BCUT2D eigenvalue weighted by molar-refractivity contribution is 5.93. The maximum Gasteiger partial charge on any atom is 0.273 e. The first-order valence-electron chi connectivity index (χ1n) is 8.66. The molecule has 2 heterocycles. The SMILES string of the molecule is CC(O)c1ccn(C2CC(NC(=O)c3cc(-c4ccccc4)on3)C2)n1.